The Hall–Kier alpha value is -3.63. The van der Waals surface area contributed by atoms with Gasteiger partial charge in [0, 0.05) is 12.8 Å². The highest BCUT2D eigenvalue weighted by atomic mass is 32.2. The summed E-state index contributed by atoms with van der Waals surface area (Å²) in [7, 11) is 1.48. The molecule has 0 aliphatic rings. The number of hydrogen-bond acceptors (Lipinski definition) is 7. The van der Waals surface area contributed by atoms with Gasteiger partial charge in [0.15, 0.2) is 10.9 Å². The Bertz CT molecular complexity index is 1390. The van der Waals surface area contributed by atoms with E-state index in [-0.39, 0.29) is 30.3 Å². The van der Waals surface area contributed by atoms with E-state index in [2.05, 4.69) is 9.97 Å². The first kappa shape index (κ1) is 21.6. The summed E-state index contributed by atoms with van der Waals surface area (Å²) in [6.45, 7) is 0.328. The average molecular weight is 452 g/mol. The van der Waals surface area contributed by atoms with Crippen molar-refractivity contribution in [1.29, 1.82) is 0 Å². The van der Waals surface area contributed by atoms with Gasteiger partial charge >= 0.3 is 5.69 Å². The number of Topliss-reactive ketones (excluding diaryl/α,β-unsaturated/α-hetero) is 1. The van der Waals surface area contributed by atoms with Crippen LogP contribution in [0.4, 0.5) is 5.82 Å². The zero-order valence-corrected chi connectivity index (χ0v) is 18.1. The fraction of sp³-hybridized carbons (Fsp3) is 0.182. The van der Waals surface area contributed by atoms with Crippen molar-refractivity contribution in [3.63, 3.8) is 0 Å². The van der Waals surface area contributed by atoms with Gasteiger partial charge in [-0.2, -0.15) is 0 Å². The quantitative estimate of drug-likeness (QED) is 0.310. The molecule has 9 nitrogen and oxygen atoms in total. The minimum atomic E-state index is -0.802. The molecule has 2 aromatic heterocycles. The average Bonchev–Trinajstić information content (AvgIpc) is 3.16. The molecule has 0 aliphatic heterocycles. The standard InChI is InChI=1S/C22H21N5O4S/c1-31-12-11-26-19(23)18(20(29)25-21(26)30)17(28)13-32-22-24-15-9-5-6-10-16(15)27(22)14-7-3-2-4-8-14/h2-10H,11-13,23H2,1H3,(H,25,29,30). The number of anilines is 1. The predicted octanol–water partition coefficient (Wildman–Crippen LogP) is 2.08. The van der Waals surface area contributed by atoms with Crippen LogP contribution in [0.15, 0.2) is 69.3 Å². The van der Waals surface area contributed by atoms with Crippen molar-refractivity contribution < 1.29 is 9.53 Å². The summed E-state index contributed by atoms with van der Waals surface area (Å²) in [6.07, 6.45) is 0. The molecule has 2 heterocycles. The number of nitrogens with two attached hydrogens (primary N) is 1. The molecule has 0 radical (unpaired) electrons. The molecule has 0 saturated heterocycles. The van der Waals surface area contributed by atoms with Gasteiger partial charge < -0.3 is 10.5 Å². The van der Waals surface area contributed by atoms with Crippen LogP contribution in [0.25, 0.3) is 16.7 Å². The SMILES string of the molecule is COCCn1c(N)c(C(=O)CSc2nc3ccccc3n2-c2ccccc2)c(=O)[nH]c1=O. The van der Waals surface area contributed by atoms with Crippen molar-refractivity contribution in [3.05, 3.63) is 81.0 Å². The van der Waals surface area contributed by atoms with Crippen molar-refractivity contribution in [1.82, 2.24) is 19.1 Å². The molecule has 0 saturated carbocycles. The number of rotatable bonds is 8. The number of nitrogens with one attached hydrogen (secondary N) is 1. The molecule has 2 aromatic carbocycles. The monoisotopic (exact) mass is 451 g/mol. The Balaban J connectivity index is 1.67. The number of para-hydroxylation sites is 3. The maximum absolute atomic E-state index is 13.0. The van der Waals surface area contributed by atoms with Crippen LogP contribution in [-0.4, -0.2) is 44.4 Å². The predicted molar refractivity (Wildman–Crippen MR) is 124 cm³/mol. The van der Waals surface area contributed by atoms with E-state index < -0.39 is 17.0 Å². The molecular weight excluding hydrogens is 430 g/mol. The minimum absolute atomic E-state index is 0.0775. The first-order chi connectivity index (χ1) is 15.5. The number of fused-ring (bicyclic) bond motifs is 1. The lowest BCUT2D eigenvalue weighted by Gasteiger charge is -2.12. The Morgan fingerprint density at radius 3 is 2.59 bits per heavy atom. The molecule has 0 spiro atoms. The van der Waals surface area contributed by atoms with Gasteiger partial charge in [-0.05, 0) is 24.3 Å². The van der Waals surface area contributed by atoms with E-state index in [1.165, 1.54) is 18.9 Å². The number of ether oxygens (including phenoxy) is 1. The van der Waals surface area contributed by atoms with Crippen LogP contribution in [0.1, 0.15) is 10.4 Å². The molecule has 0 bridgehead atoms. The van der Waals surface area contributed by atoms with Crippen LogP contribution in [0, 0.1) is 0 Å². The van der Waals surface area contributed by atoms with Crippen molar-refractivity contribution in [3.8, 4) is 5.69 Å². The molecule has 3 N–H and O–H groups in total. The number of thioether (sulfide) groups is 1. The summed E-state index contributed by atoms with van der Waals surface area (Å²) >= 11 is 1.20. The molecule has 0 fully saturated rings. The summed E-state index contributed by atoms with van der Waals surface area (Å²) in [5, 5.41) is 0.605. The molecule has 0 unspecified atom stereocenters. The van der Waals surface area contributed by atoms with Crippen LogP contribution in [0.2, 0.25) is 0 Å². The number of benzene rings is 2. The number of aromatic amines is 1. The fourth-order valence-electron chi connectivity index (χ4n) is 3.39. The molecule has 4 rings (SSSR count). The summed E-state index contributed by atoms with van der Waals surface area (Å²) in [6, 6.07) is 17.3. The molecular formula is C22H21N5O4S. The molecule has 10 heteroatoms. The zero-order chi connectivity index (χ0) is 22.7. The van der Waals surface area contributed by atoms with Gasteiger partial charge in [-0.15, -0.1) is 0 Å². The number of methoxy groups -OCH3 is 1. The van der Waals surface area contributed by atoms with E-state index >= 15 is 0 Å². The Kier molecular flexibility index (Phi) is 6.24. The van der Waals surface area contributed by atoms with E-state index in [1.807, 2.05) is 59.2 Å². The normalized spacial score (nSPS) is 11.2. The van der Waals surface area contributed by atoms with E-state index in [9.17, 15) is 14.4 Å². The Morgan fingerprint density at radius 1 is 1.12 bits per heavy atom. The molecule has 0 atom stereocenters. The van der Waals surface area contributed by atoms with Crippen LogP contribution in [0.5, 0.6) is 0 Å². The van der Waals surface area contributed by atoms with E-state index in [1.54, 1.807) is 0 Å². The van der Waals surface area contributed by atoms with Gasteiger partial charge in [0.05, 0.1) is 29.9 Å². The van der Waals surface area contributed by atoms with Gasteiger partial charge in [0.25, 0.3) is 5.56 Å². The fourth-order valence-corrected chi connectivity index (χ4v) is 4.29. The number of nitrogen functional groups attached to an aromatic ring is 1. The summed E-state index contributed by atoms with van der Waals surface area (Å²) in [4.78, 5) is 44.2. The van der Waals surface area contributed by atoms with E-state index in [0.717, 1.165) is 21.3 Å². The number of carbonyl (C=O) groups excluding carboxylic acids is 1. The highest BCUT2D eigenvalue weighted by Crippen LogP contribution is 2.28. The smallest absolute Gasteiger partial charge is 0.330 e. The molecule has 0 amide bonds. The van der Waals surface area contributed by atoms with Crippen LogP contribution >= 0.6 is 11.8 Å². The van der Waals surface area contributed by atoms with Crippen LogP contribution in [0.3, 0.4) is 0 Å². The highest BCUT2D eigenvalue weighted by molar-refractivity contribution is 7.99. The molecule has 164 valence electrons. The Labute approximate surface area is 186 Å². The molecule has 0 aliphatic carbocycles. The topological polar surface area (TPSA) is 125 Å². The first-order valence-corrected chi connectivity index (χ1v) is 10.8. The number of nitrogens with zero attached hydrogens (tertiary/aromatic N) is 3. The van der Waals surface area contributed by atoms with Gasteiger partial charge in [-0.1, -0.05) is 42.1 Å². The Morgan fingerprint density at radius 2 is 1.84 bits per heavy atom. The summed E-state index contributed by atoms with van der Waals surface area (Å²) < 4.78 is 8.05. The van der Waals surface area contributed by atoms with Crippen molar-refractivity contribution in [2.24, 2.45) is 0 Å². The van der Waals surface area contributed by atoms with Crippen molar-refractivity contribution in [2.45, 2.75) is 11.7 Å². The zero-order valence-electron chi connectivity index (χ0n) is 17.3. The maximum Gasteiger partial charge on any atom is 0.330 e. The van der Waals surface area contributed by atoms with E-state index in [0.29, 0.717) is 5.16 Å². The van der Waals surface area contributed by atoms with E-state index in [4.69, 9.17) is 10.5 Å². The number of hydrogen-bond donors (Lipinski definition) is 2. The highest BCUT2D eigenvalue weighted by Gasteiger charge is 2.21. The molecule has 32 heavy (non-hydrogen) atoms. The summed E-state index contributed by atoms with van der Waals surface area (Å²) in [5.74, 6) is -0.740. The van der Waals surface area contributed by atoms with Crippen LogP contribution < -0.4 is 17.0 Å². The lowest BCUT2D eigenvalue weighted by molar-refractivity contribution is 0.102. The number of ketones is 1. The first-order valence-electron chi connectivity index (χ1n) is 9.81. The lowest BCUT2D eigenvalue weighted by atomic mass is 10.2. The maximum atomic E-state index is 13.0. The number of aromatic nitrogens is 4. The van der Waals surface area contributed by atoms with Gasteiger partial charge in [-0.25, -0.2) is 9.78 Å². The van der Waals surface area contributed by atoms with Crippen molar-refractivity contribution >= 4 is 34.4 Å². The van der Waals surface area contributed by atoms with Gasteiger partial charge in [-0.3, -0.25) is 23.7 Å². The largest absolute Gasteiger partial charge is 0.384 e. The number of H-pyrrole nitrogens is 1. The van der Waals surface area contributed by atoms with Gasteiger partial charge in [0.2, 0.25) is 0 Å². The number of carbonyl (C=O) groups is 1. The summed E-state index contributed by atoms with van der Waals surface area (Å²) in [5.41, 5.74) is 6.89. The third-order valence-corrected chi connectivity index (χ3v) is 5.85. The lowest BCUT2D eigenvalue weighted by Crippen LogP contribution is -2.37. The second kappa shape index (κ2) is 9.25. The second-order valence-corrected chi connectivity index (χ2v) is 7.87. The third kappa shape index (κ3) is 4.10. The third-order valence-electron chi connectivity index (χ3n) is 4.91. The van der Waals surface area contributed by atoms with Gasteiger partial charge in [0.1, 0.15) is 11.4 Å². The number of imidazole rings is 1. The van der Waals surface area contributed by atoms with Crippen molar-refractivity contribution in [2.75, 3.05) is 25.2 Å². The second-order valence-electron chi connectivity index (χ2n) is 6.93. The minimum Gasteiger partial charge on any atom is -0.384 e. The molecule has 4 aromatic rings. The van der Waals surface area contributed by atoms with Crippen LogP contribution in [-0.2, 0) is 11.3 Å².